The molecule has 3 nitrogen and oxygen atoms in total. The van der Waals surface area contributed by atoms with E-state index in [1.807, 2.05) is 0 Å². The molecular formula is C58H39IN2O. The maximum Gasteiger partial charge on any atom is 0.143 e. The Labute approximate surface area is 374 Å². The third-order valence-electron chi connectivity index (χ3n) is 12.9. The van der Waals surface area contributed by atoms with Gasteiger partial charge in [0.15, 0.2) is 0 Å². The van der Waals surface area contributed by atoms with Crippen molar-refractivity contribution >= 4 is 83.3 Å². The number of furan rings is 1. The van der Waals surface area contributed by atoms with Gasteiger partial charge in [-0.3, -0.25) is 0 Å². The molecule has 11 aromatic rings. The van der Waals surface area contributed by atoms with E-state index in [1.165, 1.54) is 27.6 Å². The number of benzene rings is 9. The molecule has 0 bridgehead atoms. The monoisotopic (exact) mass is 906 g/mol. The van der Waals surface area contributed by atoms with Gasteiger partial charge in [0.25, 0.3) is 0 Å². The highest BCUT2D eigenvalue weighted by molar-refractivity contribution is 14.1. The molecule has 0 N–H and O–H groups in total. The lowest BCUT2D eigenvalue weighted by Gasteiger charge is -2.28. The van der Waals surface area contributed by atoms with Crippen LogP contribution in [-0.2, 0) is 5.41 Å². The van der Waals surface area contributed by atoms with E-state index in [4.69, 9.17) is 9.40 Å². The van der Waals surface area contributed by atoms with Crippen molar-refractivity contribution in [1.82, 2.24) is 4.98 Å². The summed E-state index contributed by atoms with van der Waals surface area (Å²) >= 11 is 2.53. The number of fused-ring (bicyclic) bond motifs is 8. The number of anilines is 3. The number of pyridine rings is 1. The number of halogens is 1. The zero-order valence-electron chi connectivity index (χ0n) is 34.2. The van der Waals surface area contributed by atoms with Crippen molar-refractivity contribution in [1.29, 1.82) is 0 Å². The maximum atomic E-state index is 6.94. The third kappa shape index (κ3) is 5.81. The van der Waals surface area contributed by atoms with E-state index in [1.54, 1.807) is 0 Å². The molecule has 0 saturated carbocycles. The molecule has 4 heteroatoms. The predicted octanol–water partition coefficient (Wildman–Crippen LogP) is 16.7. The maximum absolute atomic E-state index is 6.94. The first-order valence-electron chi connectivity index (χ1n) is 21.1. The van der Waals surface area contributed by atoms with Gasteiger partial charge in [-0.2, -0.15) is 0 Å². The Morgan fingerprint density at radius 2 is 1.11 bits per heavy atom. The van der Waals surface area contributed by atoms with Gasteiger partial charge in [0.1, 0.15) is 11.2 Å². The minimum Gasteiger partial charge on any atom is -0.455 e. The minimum absolute atomic E-state index is 0.104. The quantitative estimate of drug-likeness (QED) is 0.156. The highest BCUT2D eigenvalue weighted by Crippen LogP contribution is 2.51. The average Bonchev–Trinajstić information content (AvgIpc) is 3.79. The number of para-hydroxylation sites is 2. The first-order chi connectivity index (χ1) is 30.4. The Bertz CT molecular complexity index is 3550. The van der Waals surface area contributed by atoms with Crippen molar-refractivity contribution < 1.29 is 4.42 Å². The van der Waals surface area contributed by atoms with Gasteiger partial charge in [-0.05, 0) is 133 Å². The summed E-state index contributed by atoms with van der Waals surface area (Å²) < 4.78 is 8.02. The summed E-state index contributed by atoms with van der Waals surface area (Å²) in [5, 5.41) is 5.66. The molecule has 0 aliphatic heterocycles. The summed E-state index contributed by atoms with van der Waals surface area (Å²) in [5.41, 5.74) is 17.7. The molecule has 294 valence electrons. The number of hydrogen-bond donors (Lipinski definition) is 0. The first-order valence-corrected chi connectivity index (χ1v) is 22.2. The highest BCUT2D eigenvalue weighted by Gasteiger charge is 2.35. The fraction of sp³-hybridized carbons (Fsp3) is 0.0517. The van der Waals surface area contributed by atoms with Crippen molar-refractivity contribution in [3.05, 3.63) is 215 Å². The van der Waals surface area contributed by atoms with Crippen LogP contribution in [0.3, 0.4) is 0 Å². The molecule has 1 aliphatic rings. The van der Waals surface area contributed by atoms with Crippen LogP contribution in [0.1, 0.15) is 25.0 Å². The van der Waals surface area contributed by atoms with Crippen molar-refractivity contribution in [3.63, 3.8) is 0 Å². The predicted molar refractivity (Wildman–Crippen MR) is 268 cm³/mol. The van der Waals surface area contributed by atoms with E-state index in [0.717, 1.165) is 92.4 Å². The molecular weight excluding hydrogens is 868 g/mol. The van der Waals surface area contributed by atoms with Crippen molar-refractivity contribution in [2.45, 2.75) is 19.3 Å². The van der Waals surface area contributed by atoms with Gasteiger partial charge in [-0.25, -0.2) is 4.98 Å². The normalized spacial score (nSPS) is 12.9. The summed E-state index contributed by atoms with van der Waals surface area (Å²) in [7, 11) is 0. The van der Waals surface area contributed by atoms with Crippen LogP contribution in [0, 0.1) is 3.57 Å². The van der Waals surface area contributed by atoms with E-state index >= 15 is 0 Å². The largest absolute Gasteiger partial charge is 0.455 e. The summed E-state index contributed by atoms with van der Waals surface area (Å²) in [6.45, 7) is 4.68. The number of rotatable bonds is 6. The van der Waals surface area contributed by atoms with Crippen molar-refractivity contribution in [2.75, 3.05) is 4.90 Å². The minimum atomic E-state index is -0.104. The summed E-state index contributed by atoms with van der Waals surface area (Å²) in [4.78, 5) is 7.75. The highest BCUT2D eigenvalue weighted by atomic mass is 127. The zero-order chi connectivity index (χ0) is 41.5. The van der Waals surface area contributed by atoms with Crippen LogP contribution in [0.5, 0.6) is 0 Å². The molecule has 9 aromatic carbocycles. The van der Waals surface area contributed by atoms with Crippen molar-refractivity contribution in [3.8, 4) is 44.6 Å². The van der Waals surface area contributed by atoms with Crippen LogP contribution in [0.15, 0.2) is 205 Å². The standard InChI is InChI=1S/C58H39IN2O/c1-58(2)50-23-13-11-21-44(50)45-30-29-43(35-51(45)58)61(41-19-7-4-8-20-41)42-27-25-37(26-28-42)56-55(59)54(46-22-12-14-24-52(46)60-56)49-33-40(36-15-5-3-6-16-36)32-48-47-31-38-17-9-10-18-39(38)34-53(47)62-57(48)49/h3-35H,1-2H3. The van der Waals surface area contributed by atoms with E-state index in [2.05, 4.69) is 242 Å². The van der Waals surface area contributed by atoms with Gasteiger partial charge in [-0.1, -0.05) is 147 Å². The van der Waals surface area contributed by atoms with Gasteiger partial charge in [0.2, 0.25) is 0 Å². The topological polar surface area (TPSA) is 29.3 Å². The summed E-state index contributed by atoms with van der Waals surface area (Å²) in [6, 6.07) is 72.1. The second-order valence-electron chi connectivity index (χ2n) is 16.8. The molecule has 0 fully saturated rings. The van der Waals surface area contributed by atoms with Crippen LogP contribution < -0.4 is 4.90 Å². The fourth-order valence-corrected chi connectivity index (χ4v) is 10.8. The Morgan fingerprint density at radius 1 is 0.468 bits per heavy atom. The molecule has 0 radical (unpaired) electrons. The van der Waals surface area contributed by atoms with Crippen LogP contribution >= 0.6 is 22.6 Å². The van der Waals surface area contributed by atoms with E-state index < -0.39 is 0 Å². The summed E-state index contributed by atoms with van der Waals surface area (Å²) in [6.07, 6.45) is 0. The zero-order valence-corrected chi connectivity index (χ0v) is 36.4. The molecule has 0 spiro atoms. The van der Waals surface area contributed by atoms with Gasteiger partial charge < -0.3 is 9.32 Å². The lowest BCUT2D eigenvalue weighted by atomic mass is 9.82. The molecule has 0 saturated heterocycles. The molecule has 0 atom stereocenters. The lowest BCUT2D eigenvalue weighted by Crippen LogP contribution is -2.16. The Balaban J connectivity index is 1.03. The Hall–Kier alpha value is -7.02. The smallest absolute Gasteiger partial charge is 0.143 e. The molecule has 2 aromatic heterocycles. The van der Waals surface area contributed by atoms with Crippen molar-refractivity contribution in [2.24, 2.45) is 0 Å². The Morgan fingerprint density at radius 3 is 1.92 bits per heavy atom. The van der Waals surface area contributed by atoms with Gasteiger partial charge in [-0.15, -0.1) is 0 Å². The molecule has 1 aliphatic carbocycles. The molecule has 0 amide bonds. The van der Waals surface area contributed by atoms with Gasteiger partial charge in [0, 0.05) is 58.9 Å². The molecule has 12 rings (SSSR count). The van der Waals surface area contributed by atoms with Crippen LogP contribution in [0.4, 0.5) is 17.1 Å². The first kappa shape index (κ1) is 36.8. The second kappa shape index (κ2) is 14.3. The van der Waals surface area contributed by atoms with Gasteiger partial charge in [0.05, 0.1) is 11.2 Å². The second-order valence-corrected chi connectivity index (χ2v) is 17.9. The average molecular weight is 907 g/mol. The molecule has 62 heavy (non-hydrogen) atoms. The fourth-order valence-electron chi connectivity index (χ4n) is 9.81. The number of aromatic nitrogens is 1. The number of hydrogen-bond acceptors (Lipinski definition) is 3. The molecule has 0 unspecified atom stereocenters. The summed E-state index contributed by atoms with van der Waals surface area (Å²) in [5.74, 6) is 0. The lowest BCUT2D eigenvalue weighted by molar-refractivity contribution is 0.660. The van der Waals surface area contributed by atoms with Crippen LogP contribution in [0.2, 0.25) is 0 Å². The van der Waals surface area contributed by atoms with Gasteiger partial charge >= 0.3 is 0 Å². The Kier molecular flexibility index (Phi) is 8.48. The van der Waals surface area contributed by atoms with E-state index in [9.17, 15) is 0 Å². The van der Waals surface area contributed by atoms with E-state index in [0.29, 0.717) is 0 Å². The van der Waals surface area contributed by atoms with Crippen LogP contribution in [-0.4, -0.2) is 4.98 Å². The number of nitrogens with zero attached hydrogens (tertiary/aromatic N) is 2. The third-order valence-corrected chi connectivity index (χ3v) is 13.9. The van der Waals surface area contributed by atoms with Crippen LogP contribution in [0.25, 0.3) is 88.3 Å². The SMILES string of the molecule is CC1(C)c2ccccc2-c2ccc(N(c3ccccc3)c3ccc(-c4nc5ccccc5c(-c5cc(-c6ccccc6)cc6c5oc5cc7ccccc7cc56)c4I)cc3)cc21. The molecule has 2 heterocycles. The van der Waals surface area contributed by atoms with E-state index in [-0.39, 0.29) is 5.41 Å².